The number of fused-ring (bicyclic) bond motifs is 2. The topological polar surface area (TPSA) is 75.0 Å². The van der Waals surface area contributed by atoms with Gasteiger partial charge in [0.2, 0.25) is 0 Å². The van der Waals surface area contributed by atoms with E-state index in [0.717, 1.165) is 56.6 Å². The summed E-state index contributed by atoms with van der Waals surface area (Å²) < 4.78 is 8.57. The summed E-state index contributed by atoms with van der Waals surface area (Å²) in [6.45, 7) is 3.74. The summed E-state index contributed by atoms with van der Waals surface area (Å²) in [7, 11) is 0. The Morgan fingerprint density at radius 2 is 1.59 bits per heavy atom. The Labute approximate surface area is 217 Å². The number of aliphatic hydroxyl groups is 1. The average Bonchev–Trinajstić information content (AvgIpc) is 3.60. The Balaban J connectivity index is 1.20. The maximum atomic E-state index is 12.8. The van der Waals surface area contributed by atoms with Gasteiger partial charge >= 0.3 is 0 Å². The number of aromatic nitrogens is 1. The molecule has 1 saturated heterocycles. The first-order valence-electron chi connectivity index (χ1n) is 13.7. The second-order valence-electron chi connectivity index (χ2n) is 10.7. The van der Waals surface area contributed by atoms with Crippen LogP contribution in [0.25, 0.3) is 10.9 Å². The number of nitrogens with zero attached hydrogens (tertiary/aromatic N) is 3. The summed E-state index contributed by atoms with van der Waals surface area (Å²) in [6.07, 6.45) is 9.38. The number of ether oxygens (including phenoxy) is 1. The largest absolute Gasteiger partial charge is 0.490 e. The molecule has 0 atom stereocenters. The van der Waals surface area contributed by atoms with Crippen molar-refractivity contribution < 1.29 is 19.4 Å². The maximum Gasteiger partial charge on any atom is 0.261 e. The first kappa shape index (κ1) is 24.2. The third-order valence-corrected chi connectivity index (χ3v) is 8.15. The highest BCUT2D eigenvalue weighted by Gasteiger charge is 2.34. The van der Waals surface area contributed by atoms with Gasteiger partial charge in [0.15, 0.2) is 0 Å². The number of carbonyl (C=O) groups is 2. The zero-order valence-corrected chi connectivity index (χ0v) is 21.3. The van der Waals surface area contributed by atoms with Gasteiger partial charge in [0.05, 0.1) is 23.3 Å². The Morgan fingerprint density at radius 1 is 0.892 bits per heavy atom. The van der Waals surface area contributed by atoms with Crippen molar-refractivity contribution in [3.63, 3.8) is 0 Å². The molecule has 2 fully saturated rings. The molecule has 7 nitrogen and oxygen atoms in total. The van der Waals surface area contributed by atoms with Crippen molar-refractivity contribution in [3.05, 3.63) is 65.4 Å². The maximum absolute atomic E-state index is 12.8. The van der Waals surface area contributed by atoms with Crippen molar-refractivity contribution in [1.29, 1.82) is 0 Å². The fourth-order valence-electron chi connectivity index (χ4n) is 6.09. The minimum atomic E-state index is -0.195. The SMILES string of the molecule is O=C1c2ccccc2C(=O)N1CCCn1cc(CN2CCC(O)CC2)c2cc(OC3CCCC3)ccc21. The minimum absolute atomic E-state index is 0.189. The molecule has 37 heavy (non-hydrogen) atoms. The van der Waals surface area contributed by atoms with Crippen LogP contribution < -0.4 is 4.74 Å². The highest BCUT2D eigenvalue weighted by atomic mass is 16.5. The number of aliphatic hydroxyl groups excluding tert-OH is 1. The van der Waals surface area contributed by atoms with Crippen LogP contribution in [0.2, 0.25) is 0 Å². The first-order valence-corrected chi connectivity index (χ1v) is 13.7. The van der Waals surface area contributed by atoms with E-state index < -0.39 is 0 Å². The number of piperidine rings is 1. The Morgan fingerprint density at radius 3 is 2.30 bits per heavy atom. The zero-order valence-electron chi connectivity index (χ0n) is 21.3. The summed E-state index contributed by atoms with van der Waals surface area (Å²) in [6, 6.07) is 13.5. The summed E-state index contributed by atoms with van der Waals surface area (Å²) in [4.78, 5) is 29.3. The van der Waals surface area contributed by atoms with Gasteiger partial charge in [-0.25, -0.2) is 0 Å². The molecule has 3 aromatic rings. The number of aryl methyl sites for hydroxylation is 1. The third kappa shape index (κ3) is 4.90. The lowest BCUT2D eigenvalue weighted by molar-refractivity contribution is 0.0650. The molecule has 6 rings (SSSR count). The van der Waals surface area contributed by atoms with Crippen LogP contribution in [0.3, 0.4) is 0 Å². The van der Waals surface area contributed by atoms with Gasteiger partial charge in [-0.3, -0.25) is 19.4 Å². The number of rotatable bonds is 8. The molecule has 0 bridgehead atoms. The molecule has 2 amide bonds. The van der Waals surface area contributed by atoms with Gasteiger partial charge in [-0.2, -0.15) is 0 Å². The summed E-state index contributed by atoms with van der Waals surface area (Å²) >= 11 is 0. The number of imide groups is 1. The second kappa shape index (κ2) is 10.3. The van der Waals surface area contributed by atoms with Crippen molar-refractivity contribution in [2.45, 2.75) is 70.2 Å². The van der Waals surface area contributed by atoms with Gasteiger partial charge < -0.3 is 14.4 Å². The molecule has 0 unspecified atom stereocenters. The molecule has 194 valence electrons. The van der Waals surface area contributed by atoms with Crippen LogP contribution in [-0.2, 0) is 13.1 Å². The fourth-order valence-corrected chi connectivity index (χ4v) is 6.09. The quantitative estimate of drug-likeness (QED) is 0.457. The molecule has 1 aliphatic carbocycles. The minimum Gasteiger partial charge on any atom is -0.490 e. The van der Waals surface area contributed by atoms with E-state index in [4.69, 9.17) is 4.74 Å². The molecule has 0 spiro atoms. The highest BCUT2D eigenvalue weighted by molar-refractivity contribution is 6.21. The number of carbonyl (C=O) groups excluding carboxylic acids is 2. The van der Waals surface area contributed by atoms with Gasteiger partial charge in [0, 0.05) is 49.8 Å². The van der Waals surface area contributed by atoms with E-state index in [-0.39, 0.29) is 17.9 Å². The molecule has 2 aromatic carbocycles. The van der Waals surface area contributed by atoms with Crippen LogP contribution in [0.4, 0.5) is 0 Å². The lowest BCUT2D eigenvalue weighted by atomic mass is 10.1. The fraction of sp³-hybridized carbons (Fsp3) is 0.467. The molecule has 3 aliphatic rings. The van der Waals surface area contributed by atoms with E-state index in [1.165, 1.54) is 28.7 Å². The zero-order chi connectivity index (χ0) is 25.4. The standard InChI is InChI=1S/C30H35N3O4/c34-22-12-16-31(17-13-22)19-21-20-32(28-11-10-24(18-27(21)28)37-23-6-1-2-7-23)14-5-15-33-29(35)25-8-3-4-9-26(25)30(33)36/h3-4,8-11,18,20,22-23,34H,1-2,5-7,12-17,19H2. The van der Waals surface area contributed by atoms with Crippen LogP contribution in [0.5, 0.6) is 5.75 Å². The van der Waals surface area contributed by atoms with Gasteiger partial charge in [0.1, 0.15) is 5.75 Å². The van der Waals surface area contributed by atoms with Gasteiger partial charge in [-0.1, -0.05) is 12.1 Å². The molecule has 1 aromatic heterocycles. The lowest BCUT2D eigenvalue weighted by Crippen LogP contribution is -2.35. The highest BCUT2D eigenvalue weighted by Crippen LogP contribution is 2.31. The molecular formula is C30H35N3O4. The van der Waals surface area contributed by atoms with E-state index in [0.29, 0.717) is 36.7 Å². The van der Waals surface area contributed by atoms with Crippen LogP contribution in [-0.4, -0.2) is 63.1 Å². The third-order valence-electron chi connectivity index (χ3n) is 8.15. The van der Waals surface area contributed by atoms with E-state index in [1.54, 1.807) is 24.3 Å². The number of hydrogen-bond donors (Lipinski definition) is 1. The van der Waals surface area contributed by atoms with Gasteiger partial charge in [-0.15, -0.1) is 0 Å². The van der Waals surface area contributed by atoms with E-state index in [1.807, 2.05) is 0 Å². The lowest BCUT2D eigenvalue weighted by Gasteiger charge is -2.29. The number of amides is 2. The van der Waals surface area contributed by atoms with E-state index in [9.17, 15) is 14.7 Å². The molecule has 3 heterocycles. The van der Waals surface area contributed by atoms with E-state index >= 15 is 0 Å². The summed E-state index contributed by atoms with van der Waals surface area (Å²) in [5.74, 6) is 0.540. The Kier molecular flexibility index (Phi) is 6.74. The van der Waals surface area contributed by atoms with Crippen LogP contribution >= 0.6 is 0 Å². The smallest absolute Gasteiger partial charge is 0.261 e. The van der Waals surface area contributed by atoms with Crippen LogP contribution in [0.1, 0.15) is 71.2 Å². The predicted octanol–water partition coefficient (Wildman–Crippen LogP) is 4.61. The Hall–Kier alpha value is -3.16. The van der Waals surface area contributed by atoms with Crippen molar-refractivity contribution in [2.75, 3.05) is 19.6 Å². The van der Waals surface area contributed by atoms with Gasteiger partial charge in [0.25, 0.3) is 11.8 Å². The normalized spacial score (nSPS) is 19.3. The van der Waals surface area contributed by atoms with Crippen molar-refractivity contribution in [3.8, 4) is 5.75 Å². The predicted molar refractivity (Wildman–Crippen MR) is 142 cm³/mol. The number of benzene rings is 2. The average molecular weight is 502 g/mol. The molecule has 7 heteroatoms. The van der Waals surface area contributed by atoms with Crippen molar-refractivity contribution >= 4 is 22.7 Å². The van der Waals surface area contributed by atoms with E-state index in [2.05, 4.69) is 33.9 Å². The molecule has 0 radical (unpaired) electrons. The molecule has 1 N–H and O–H groups in total. The van der Waals surface area contributed by atoms with Crippen molar-refractivity contribution in [1.82, 2.24) is 14.4 Å². The number of hydrogen-bond acceptors (Lipinski definition) is 5. The summed E-state index contributed by atoms with van der Waals surface area (Å²) in [5.41, 5.74) is 3.41. The first-order chi connectivity index (χ1) is 18.1. The second-order valence-corrected chi connectivity index (χ2v) is 10.7. The summed E-state index contributed by atoms with van der Waals surface area (Å²) in [5, 5.41) is 11.1. The molecule has 1 saturated carbocycles. The van der Waals surface area contributed by atoms with Crippen molar-refractivity contribution in [2.24, 2.45) is 0 Å². The molecular weight excluding hydrogens is 466 g/mol. The van der Waals surface area contributed by atoms with Crippen LogP contribution in [0.15, 0.2) is 48.7 Å². The Bertz CT molecular complexity index is 1270. The van der Waals surface area contributed by atoms with Gasteiger partial charge in [-0.05, 0) is 80.8 Å². The number of likely N-dealkylation sites (tertiary alicyclic amines) is 1. The molecule has 2 aliphatic heterocycles. The monoisotopic (exact) mass is 501 g/mol. The van der Waals surface area contributed by atoms with Crippen LogP contribution in [0, 0.1) is 0 Å².